The number of nitrogens with one attached hydrogen (secondary N) is 2. The van der Waals surface area contributed by atoms with Crippen LogP contribution in [0, 0.1) is 6.92 Å². The summed E-state index contributed by atoms with van der Waals surface area (Å²) in [5, 5.41) is 14.8. The lowest BCUT2D eigenvalue weighted by Crippen LogP contribution is -2.37. The van der Waals surface area contributed by atoms with E-state index >= 15 is 0 Å². The van der Waals surface area contributed by atoms with Crippen LogP contribution in [0.15, 0.2) is 35.8 Å². The average Bonchev–Trinajstić information content (AvgIpc) is 3.38. The molecule has 0 spiro atoms. The topological polar surface area (TPSA) is 85.6 Å². The number of methoxy groups -OCH3 is 1. The molecule has 1 aromatic heterocycles. The van der Waals surface area contributed by atoms with Crippen LogP contribution in [0.2, 0.25) is 0 Å². The minimum Gasteiger partial charge on any atom is -0.497 e. The maximum absolute atomic E-state index is 6.28. The Hall–Kier alpha value is -3.03. The number of ether oxygens (including phenoxy) is 2. The van der Waals surface area contributed by atoms with Crippen molar-refractivity contribution < 1.29 is 9.47 Å². The predicted octanol–water partition coefficient (Wildman–Crippen LogP) is 2.87. The van der Waals surface area contributed by atoms with Gasteiger partial charge in [0.1, 0.15) is 17.3 Å². The fourth-order valence-corrected chi connectivity index (χ4v) is 3.36. The summed E-state index contributed by atoms with van der Waals surface area (Å²) in [6, 6.07) is 5.92. The van der Waals surface area contributed by atoms with E-state index in [0.717, 1.165) is 41.6 Å². The van der Waals surface area contributed by atoms with Gasteiger partial charge in [-0.1, -0.05) is 6.08 Å². The highest BCUT2D eigenvalue weighted by atomic mass is 16.5. The number of hydrogen-bond acceptors (Lipinski definition) is 5. The van der Waals surface area contributed by atoms with Crippen molar-refractivity contribution in [2.75, 3.05) is 13.7 Å². The number of nitrogens with zero attached hydrogens (tertiary/aromatic N) is 4. The second kappa shape index (κ2) is 10.7. The molecule has 8 nitrogen and oxygen atoms in total. The highest BCUT2D eigenvalue weighted by molar-refractivity contribution is 5.79. The van der Waals surface area contributed by atoms with Crippen LogP contribution in [0.4, 0.5) is 0 Å². The Morgan fingerprint density at radius 1 is 1.30 bits per heavy atom. The molecular weight excluding hydrogens is 380 g/mol. The molecule has 2 aromatic rings. The Labute approximate surface area is 178 Å². The van der Waals surface area contributed by atoms with Crippen LogP contribution in [0.3, 0.4) is 0 Å². The quantitative estimate of drug-likeness (QED) is 0.374. The molecule has 8 heteroatoms. The van der Waals surface area contributed by atoms with E-state index in [4.69, 9.17) is 14.5 Å². The molecular formula is C22H32N6O2. The van der Waals surface area contributed by atoms with Crippen LogP contribution in [-0.2, 0) is 20.1 Å². The van der Waals surface area contributed by atoms with E-state index in [2.05, 4.69) is 27.4 Å². The number of hydrogen-bond donors (Lipinski definition) is 2. The molecule has 1 saturated carbocycles. The van der Waals surface area contributed by atoms with Crippen molar-refractivity contribution in [3.05, 3.63) is 48.1 Å². The lowest BCUT2D eigenvalue weighted by atomic mass is 10.2. The third-order valence-corrected chi connectivity index (χ3v) is 5.29. The van der Waals surface area contributed by atoms with E-state index in [9.17, 15) is 0 Å². The predicted molar refractivity (Wildman–Crippen MR) is 118 cm³/mol. The summed E-state index contributed by atoms with van der Waals surface area (Å²) in [5.74, 6) is 4.03. The summed E-state index contributed by atoms with van der Waals surface area (Å²) in [6.07, 6.45) is 6.73. The lowest BCUT2D eigenvalue weighted by Gasteiger charge is -2.17. The molecule has 0 aliphatic heterocycles. The Balaban J connectivity index is 1.72. The molecule has 1 heterocycles. The third-order valence-electron chi connectivity index (χ3n) is 5.29. The van der Waals surface area contributed by atoms with Crippen LogP contribution >= 0.6 is 0 Å². The van der Waals surface area contributed by atoms with Crippen molar-refractivity contribution in [3.63, 3.8) is 0 Å². The summed E-state index contributed by atoms with van der Waals surface area (Å²) in [4.78, 5) is 4.74. The smallest absolute Gasteiger partial charge is 0.192 e. The van der Waals surface area contributed by atoms with Gasteiger partial charge < -0.3 is 24.7 Å². The summed E-state index contributed by atoms with van der Waals surface area (Å²) in [5.41, 5.74) is 1.02. The van der Waals surface area contributed by atoms with Crippen molar-refractivity contribution in [3.8, 4) is 11.5 Å². The van der Waals surface area contributed by atoms with E-state index < -0.39 is 0 Å². The molecule has 2 N–H and O–H groups in total. The van der Waals surface area contributed by atoms with Crippen LogP contribution in [-0.4, -0.2) is 40.5 Å². The first-order valence-electron chi connectivity index (χ1n) is 10.4. The van der Waals surface area contributed by atoms with Gasteiger partial charge in [-0.25, -0.2) is 4.99 Å². The second-order valence-corrected chi connectivity index (χ2v) is 7.41. The number of aryl methyl sites for hydroxylation is 1. The van der Waals surface area contributed by atoms with Crippen molar-refractivity contribution in [2.45, 2.75) is 51.8 Å². The molecule has 0 amide bonds. The number of guanidine groups is 1. The largest absolute Gasteiger partial charge is 0.497 e. The zero-order valence-corrected chi connectivity index (χ0v) is 18.1. The van der Waals surface area contributed by atoms with E-state index in [1.807, 2.05) is 36.7 Å². The molecule has 1 aromatic carbocycles. The van der Waals surface area contributed by atoms with Gasteiger partial charge in [0.15, 0.2) is 11.8 Å². The fraction of sp³-hybridized carbons (Fsp3) is 0.500. The number of aliphatic imine (C=N–C) groups is 1. The lowest BCUT2D eigenvalue weighted by molar-refractivity contribution is 0.207. The van der Waals surface area contributed by atoms with Gasteiger partial charge in [-0.15, -0.1) is 16.8 Å². The molecule has 0 unspecified atom stereocenters. The number of aromatic nitrogens is 3. The normalized spacial score (nSPS) is 14.6. The second-order valence-electron chi connectivity index (χ2n) is 7.41. The first-order valence-corrected chi connectivity index (χ1v) is 10.4. The van der Waals surface area contributed by atoms with Crippen LogP contribution in [0.1, 0.15) is 42.9 Å². The molecule has 0 atom stereocenters. The maximum atomic E-state index is 6.28. The Morgan fingerprint density at radius 2 is 2.10 bits per heavy atom. The number of rotatable bonds is 9. The summed E-state index contributed by atoms with van der Waals surface area (Å²) < 4.78 is 13.6. The Kier molecular flexibility index (Phi) is 7.70. The van der Waals surface area contributed by atoms with Crippen molar-refractivity contribution in [1.29, 1.82) is 0 Å². The molecule has 30 heavy (non-hydrogen) atoms. The molecule has 0 bridgehead atoms. The van der Waals surface area contributed by atoms with Gasteiger partial charge in [-0.05, 0) is 44.7 Å². The summed E-state index contributed by atoms with van der Waals surface area (Å²) in [7, 11) is 3.62. The van der Waals surface area contributed by atoms with E-state index in [1.54, 1.807) is 13.2 Å². The fourth-order valence-electron chi connectivity index (χ4n) is 3.36. The first kappa shape index (κ1) is 21.7. The van der Waals surface area contributed by atoms with Crippen LogP contribution in [0.25, 0.3) is 0 Å². The standard InChI is InChI=1S/C22H32N6O2/c1-5-12-23-22(25-15-21-27-26-16(2)28(21)3)24-14-17-10-11-19(29-4)13-20(17)30-18-8-6-7-9-18/h5,10-11,13,18H,1,6-9,12,14-15H2,2-4H3,(H2,23,24,25). The first-order chi connectivity index (χ1) is 14.6. The van der Waals surface area contributed by atoms with Gasteiger partial charge in [-0.3, -0.25) is 0 Å². The highest BCUT2D eigenvalue weighted by Crippen LogP contribution is 2.30. The zero-order chi connectivity index (χ0) is 21.3. The molecule has 1 aliphatic carbocycles. The Morgan fingerprint density at radius 3 is 2.77 bits per heavy atom. The third kappa shape index (κ3) is 5.75. The SMILES string of the molecule is C=CCNC(=NCc1ccc(OC)cc1OC1CCCC1)NCc1nnc(C)n1C. The van der Waals surface area contributed by atoms with E-state index in [-0.39, 0.29) is 6.10 Å². The molecule has 1 fully saturated rings. The van der Waals surface area contributed by atoms with Crippen molar-refractivity contribution in [2.24, 2.45) is 12.0 Å². The van der Waals surface area contributed by atoms with E-state index in [1.165, 1.54) is 12.8 Å². The van der Waals surface area contributed by atoms with Gasteiger partial charge in [0.25, 0.3) is 0 Å². The van der Waals surface area contributed by atoms with E-state index in [0.29, 0.717) is 25.6 Å². The van der Waals surface area contributed by atoms with Crippen LogP contribution < -0.4 is 20.1 Å². The zero-order valence-electron chi connectivity index (χ0n) is 18.1. The van der Waals surface area contributed by atoms with Crippen molar-refractivity contribution >= 4 is 5.96 Å². The molecule has 3 rings (SSSR count). The molecule has 162 valence electrons. The molecule has 0 radical (unpaired) electrons. The van der Waals surface area contributed by atoms with Gasteiger partial charge in [-0.2, -0.15) is 0 Å². The Bertz CT molecular complexity index is 871. The minimum atomic E-state index is 0.274. The van der Waals surface area contributed by atoms with Gasteiger partial charge >= 0.3 is 0 Å². The summed E-state index contributed by atoms with van der Waals surface area (Å²) in [6.45, 7) is 7.31. The van der Waals surface area contributed by atoms with Gasteiger partial charge in [0.05, 0.1) is 26.3 Å². The minimum absolute atomic E-state index is 0.274. The molecule has 0 saturated heterocycles. The van der Waals surface area contributed by atoms with Gasteiger partial charge in [0, 0.05) is 25.2 Å². The summed E-state index contributed by atoms with van der Waals surface area (Å²) >= 11 is 0. The van der Waals surface area contributed by atoms with Crippen molar-refractivity contribution in [1.82, 2.24) is 25.4 Å². The molecule has 1 aliphatic rings. The monoisotopic (exact) mass is 412 g/mol. The van der Waals surface area contributed by atoms with Gasteiger partial charge in [0.2, 0.25) is 0 Å². The number of benzene rings is 1. The van der Waals surface area contributed by atoms with Crippen LogP contribution in [0.5, 0.6) is 11.5 Å². The maximum Gasteiger partial charge on any atom is 0.192 e. The average molecular weight is 413 g/mol. The highest BCUT2D eigenvalue weighted by Gasteiger charge is 2.18.